The average molecular weight is 309 g/mol. The molecule has 1 aromatic heterocycles. The molecular weight excluding hydrogens is 288 g/mol. The molecule has 0 bridgehead atoms. The lowest BCUT2D eigenvalue weighted by molar-refractivity contribution is 0.598. The summed E-state index contributed by atoms with van der Waals surface area (Å²) >= 11 is 7.61. The van der Waals surface area contributed by atoms with E-state index in [0.717, 1.165) is 17.4 Å². The van der Waals surface area contributed by atoms with E-state index in [-0.39, 0.29) is 0 Å². The maximum absolute atomic E-state index is 5.97. The van der Waals surface area contributed by atoms with Crippen molar-refractivity contribution in [2.45, 2.75) is 26.4 Å². The van der Waals surface area contributed by atoms with Crippen molar-refractivity contribution in [2.75, 3.05) is 18.5 Å². The minimum absolute atomic E-state index is 0.399. The zero-order valence-electron chi connectivity index (χ0n) is 12.2. The molecule has 0 spiro atoms. The summed E-state index contributed by atoms with van der Waals surface area (Å²) in [6, 6.07) is 13.2. The molecule has 0 aliphatic carbocycles. The number of hydrogen-bond donors (Lipinski definition) is 1. The molecule has 0 fully saturated rings. The third-order valence-electron chi connectivity index (χ3n) is 3.37. The van der Waals surface area contributed by atoms with Gasteiger partial charge < -0.3 is 10.2 Å². The van der Waals surface area contributed by atoms with Gasteiger partial charge in [-0.15, -0.1) is 11.3 Å². The molecule has 2 rings (SSSR count). The number of halogens is 1. The van der Waals surface area contributed by atoms with Crippen molar-refractivity contribution in [2.24, 2.45) is 0 Å². The van der Waals surface area contributed by atoms with Gasteiger partial charge in [-0.1, -0.05) is 30.7 Å². The minimum atomic E-state index is 0.399. The minimum Gasteiger partial charge on any atom is -0.369 e. The zero-order valence-corrected chi connectivity index (χ0v) is 13.8. The van der Waals surface area contributed by atoms with Gasteiger partial charge in [-0.25, -0.2) is 0 Å². The van der Waals surface area contributed by atoms with Crippen LogP contribution in [0, 0.1) is 0 Å². The summed E-state index contributed by atoms with van der Waals surface area (Å²) in [5.74, 6) is 0. The third kappa shape index (κ3) is 3.98. The molecule has 4 heteroatoms. The molecule has 0 aliphatic heterocycles. The first kappa shape index (κ1) is 15.4. The highest BCUT2D eigenvalue weighted by atomic mass is 35.5. The molecule has 0 amide bonds. The van der Waals surface area contributed by atoms with Gasteiger partial charge in [0.15, 0.2) is 0 Å². The van der Waals surface area contributed by atoms with Gasteiger partial charge in [-0.3, -0.25) is 0 Å². The first-order valence-corrected chi connectivity index (χ1v) is 8.08. The fourth-order valence-corrected chi connectivity index (χ4v) is 3.34. The van der Waals surface area contributed by atoms with Crippen molar-refractivity contribution >= 4 is 28.6 Å². The highest BCUT2D eigenvalue weighted by Gasteiger charge is 2.07. The Labute approximate surface area is 130 Å². The Morgan fingerprint density at radius 2 is 1.90 bits per heavy atom. The maximum Gasteiger partial charge on any atom is 0.0931 e. The van der Waals surface area contributed by atoms with Crippen LogP contribution in [-0.4, -0.2) is 13.6 Å². The molecule has 1 aromatic carbocycles. The molecule has 0 saturated heterocycles. The first-order valence-electron chi connectivity index (χ1n) is 6.89. The lowest BCUT2D eigenvalue weighted by atomic mass is 10.1. The Morgan fingerprint density at radius 1 is 1.20 bits per heavy atom. The summed E-state index contributed by atoms with van der Waals surface area (Å²) in [7, 11) is 2.11. The largest absolute Gasteiger partial charge is 0.369 e. The molecule has 1 atom stereocenters. The molecule has 2 nitrogen and oxygen atoms in total. The predicted octanol–water partition coefficient (Wildman–Crippen LogP) is 4.71. The summed E-state index contributed by atoms with van der Waals surface area (Å²) in [6.45, 7) is 6.20. The van der Waals surface area contributed by atoms with Gasteiger partial charge in [0, 0.05) is 23.7 Å². The quantitative estimate of drug-likeness (QED) is 0.831. The van der Waals surface area contributed by atoms with Crippen LogP contribution in [0.15, 0.2) is 36.4 Å². The molecule has 0 radical (unpaired) electrons. The molecule has 1 N–H and O–H groups in total. The number of anilines is 1. The van der Waals surface area contributed by atoms with Crippen LogP contribution in [0.4, 0.5) is 5.69 Å². The third-order valence-corrected chi connectivity index (χ3v) is 4.58. The number of hydrogen-bond acceptors (Lipinski definition) is 3. The Hall–Kier alpha value is -1.03. The number of rotatable bonds is 6. The monoisotopic (exact) mass is 308 g/mol. The highest BCUT2D eigenvalue weighted by Crippen LogP contribution is 2.25. The van der Waals surface area contributed by atoms with Crippen molar-refractivity contribution in [3.05, 3.63) is 51.2 Å². The van der Waals surface area contributed by atoms with Crippen LogP contribution in [0.25, 0.3) is 0 Å². The van der Waals surface area contributed by atoms with E-state index in [1.165, 1.54) is 16.1 Å². The fourth-order valence-electron chi connectivity index (χ4n) is 2.20. The van der Waals surface area contributed by atoms with E-state index in [9.17, 15) is 0 Å². The topological polar surface area (TPSA) is 15.3 Å². The molecule has 20 heavy (non-hydrogen) atoms. The van der Waals surface area contributed by atoms with E-state index in [4.69, 9.17) is 11.6 Å². The number of nitrogens with zero attached hydrogens (tertiary/aromatic N) is 1. The van der Waals surface area contributed by atoms with Gasteiger partial charge >= 0.3 is 0 Å². The van der Waals surface area contributed by atoms with Crippen LogP contribution < -0.4 is 10.2 Å². The van der Waals surface area contributed by atoms with Gasteiger partial charge in [0.25, 0.3) is 0 Å². The average Bonchev–Trinajstić information content (AvgIpc) is 2.84. The number of thiophene rings is 1. The van der Waals surface area contributed by atoms with Gasteiger partial charge in [-0.05, 0) is 43.3 Å². The van der Waals surface area contributed by atoms with Crippen LogP contribution in [0.2, 0.25) is 4.34 Å². The van der Waals surface area contributed by atoms with E-state index in [1.807, 2.05) is 6.07 Å². The molecule has 1 heterocycles. The van der Waals surface area contributed by atoms with Gasteiger partial charge in [0.05, 0.1) is 10.9 Å². The molecule has 108 valence electrons. The van der Waals surface area contributed by atoms with E-state index >= 15 is 0 Å². The zero-order chi connectivity index (χ0) is 14.5. The number of nitrogens with one attached hydrogen (secondary N) is 1. The van der Waals surface area contributed by atoms with Crippen molar-refractivity contribution in [1.29, 1.82) is 0 Å². The lowest BCUT2D eigenvalue weighted by Crippen LogP contribution is -2.18. The second-order valence-corrected chi connectivity index (χ2v) is 6.73. The Kier molecular flexibility index (Phi) is 5.46. The standard InChI is InChI=1S/C16H21ClN2S/c1-4-18-12(2)13-5-7-14(8-6-13)19(3)11-15-9-10-16(17)20-15/h5-10,12,18H,4,11H2,1-3H3. The summed E-state index contributed by atoms with van der Waals surface area (Å²) in [6.07, 6.45) is 0. The van der Waals surface area contributed by atoms with Crippen LogP contribution in [0.3, 0.4) is 0 Å². The van der Waals surface area contributed by atoms with E-state index < -0.39 is 0 Å². The predicted molar refractivity (Wildman–Crippen MR) is 90.0 cm³/mol. The summed E-state index contributed by atoms with van der Waals surface area (Å²) < 4.78 is 0.850. The molecular formula is C16H21ClN2S. The SMILES string of the molecule is CCNC(C)c1ccc(N(C)Cc2ccc(Cl)s2)cc1. The van der Waals surface area contributed by atoms with Crippen LogP contribution in [0.1, 0.15) is 30.3 Å². The summed E-state index contributed by atoms with van der Waals surface area (Å²) in [5.41, 5.74) is 2.55. The van der Waals surface area contributed by atoms with Gasteiger partial charge in [-0.2, -0.15) is 0 Å². The maximum atomic E-state index is 5.97. The van der Waals surface area contributed by atoms with E-state index in [1.54, 1.807) is 11.3 Å². The van der Waals surface area contributed by atoms with E-state index in [0.29, 0.717) is 6.04 Å². The van der Waals surface area contributed by atoms with Gasteiger partial charge in [0.1, 0.15) is 0 Å². The Balaban J connectivity index is 2.01. The van der Waals surface area contributed by atoms with E-state index in [2.05, 4.69) is 61.4 Å². The normalized spacial score (nSPS) is 12.4. The van der Waals surface area contributed by atoms with Crippen molar-refractivity contribution < 1.29 is 0 Å². The number of benzene rings is 1. The van der Waals surface area contributed by atoms with Crippen molar-refractivity contribution in [3.8, 4) is 0 Å². The van der Waals surface area contributed by atoms with Crippen LogP contribution >= 0.6 is 22.9 Å². The molecule has 0 saturated carbocycles. The lowest BCUT2D eigenvalue weighted by Gasteiger charge is -2.20. The molecule has 0 aliphatic rings. The van der Waals surface area contributed by atoms with Gasteiger partial charge in [0.2, 0.25) is 0 Å². The van der Waals surface area contributed by atoms with Crippen LogP contribution in [0.5, 0.6) is 0 Å². The first-order chi connectivity index (χ1) is 9.60. The fraction of sp³-hybridized carbons (Fsp3) is 0.375. The Bertz CT molecular complexity index is 536. The molecule has 1 unspecified atom stereocenters. The Morgan fingerprint density at radius 3 is 2.45 bits per heavy atom. The molecule has 2 aromatic rings. The summed E-state index contributed by atoms with van der Waals surface area (Å²) in [5, 5.41) is 3.43. The smallest absolute Gasteiger partial charge is 0.0931 e. The second-order valence-electron chi connectivity index (χ2n) is 4.93. The summed E-state index contributed by atoms with van der Waals surface area (Å²) in [4.78, 5) is 3.52. The van der Waals surface area contributed by atoms with Crippen molar-refractivity contribution in [1.82, 2.24) is 5.32 Å². The second kappa shape index (κ2) is 7.11. The highest BCUT2D eigenvalue weighted by molar-refractivity contribution is 7.16. The van der Waals surface area contributed by atoms with Crippen LogP contribution in [-0.2, 0) is 6.54 Å². The van der Waals surface area contributed by atoms with Crippen molar-refractivity contribution in [3.63, 3.8) is 0 Å².